The van der Waals surface area contributed by atoms with Crippen LogP contribution in [0.15, 0.2) is 47.6 Å². The van der Waals surface area contributed by atoms with Crippen molar-refractivity contribution in [2.45, 2.75) is 6.92 Å². The lowest BCUT2D eigenvalue weighted by atomic mass is 10.2. The Labute approximate surface area is 121 Å². The van der Waals surface area contributed by atoms with Gasteiger partial charge in [-0.1, -0.05) is 6.07 Å². The lowest BCUT2D eigenvalue weighted by molar-refractivity contribution is 0.318. The van der Waals surface area contributed by atoms with E-state index in [9.17, 15) is 5.11 Å². The zero-order chi connectivity index (χ0) is 14.7. The van der Waals surface area contributed by atoms with E-state index < -0.39 is 0 Å². The quantitative estimate of drug-likeness (QED) is 0.720. The lowest BCUT2D eigenvalue weighted by Gasteiger charge is -2.07. The molecule has 1 aromatic heterocycles. The van der Waals surface area contributed by atoms with Crippen molar-refractivity contribution in [3.8, 4) is 11.5 Å². The maximum atomic E-state index is 10.1. The maximum absolute atomic E-state index is 10.1. The molecule has 0 aliphatic carbocycles. The van der Waals surface area contributed by atoms with E-state index in [1.54, 1.807) is 24.5 Å². The van der Waals surface area contributed by atoms with Crippen LogP contribution in [-0.4, -0.2) is 28.1 Å². The van der Waals surface area contributed by atoms with E-state index in [0.717, 1.165) is 16.6 Å². The predicted octanol–water partition coefficient (Wildman–Crippen LogP) is 3.42. The summed E-state index contributed by atoms with van der Waals surface area (Å²) in [5.41, 5.74) is 2.38. The number of nitrogens with zero attached hydrogens (tertiary/aromatic N) is 2. The first-order valence-corrected chi connectivity index (χ1v) is 6.70. The Bertz CT molecular complexity index is 793. The van der Waals surface area contributed by atoms with E-state index in [4.69, 9.17) is 4.74 Å². The second kappa shape index (κ2) is 5.66. The highest BCUT2D eigenvalue weighted by Gasteiger charge is 2.05. The van der Waals surface area contributed by atoms with Gasteiger partial charge in [0.05, 0.1) is 24.0 Å². The van der Waals surface area contributed by atoms with Crippen molar-refractivity contribution in [2.24, 2.45) is 4.99 Å². The number of fused-ring (bicyclic) bond motifs is 1. The lowest BCUT2D eigenvalue weighted by Crippen LogP contribution is -1.93. The van der Waals surface area contributed by atoms with E-state index in [0.29, 0.717) is 17.9 Å². The van der Waals surface area contributed by atoms with Gasteiger partial charge >= 0.3 is 0 Å². The van der Waals surface area contributed by atoms with Gasteiger partial charge in [-0.15, -0.1) is 0 Å². The molecule has 0 bridgehead atoms. The number of aromatic hydroxyl groups is 1. The maximum Gasteiger partial charge on any atom is 0.166 e. The van der Waals surface area contributed by atoms with Gasteiger partial charge < -0.3 is 9.84 Å². The number of hydrogen-bond donors (Lipinski definition) is 2. The molecule has 2 N–H and O–H groups in total. The third-order valence-corrected chi connectivity index (χ3v) is 3.11. The van der Waals surface area contributed by atoms with Gasteiger partial charge in [-0.05, 0) is 37.3 Å². The number of hydrogen-bond acceptors (Lipinski definition) is 4. The average Bonchev–Trinajstić information content (AvgIpc) is 2.96. The number of phenolic OH excluding ortho intramolecular Hbond substituents is 1. The number of benzene rings is 2. The molecule has 5 nitrogen and oxygen atoms in total. The fourth-order valence-corrected chi connectivity index (χ4v) is 2.07. The predicted molar refractivity (Wildman–Crippen MR) is 82.6 cm³/mol. The highest BCUT2D eigenvalue weighted by Crippen LogP contribution is 2.29. The van der Waals surface area contributed by atoms with E-state index in [2.05, 4.69) is 15.2 Å². The van der Waals surface area contributed by atoms with Gasteiger partial charge in [0.2, 0.25) is 0 Å². The Balaban J connectivity index is 1.89. The summed E-state index contributed by atoms with van der Waals surface area (Å²) >= 11 is 0. The summed E-state index contributed by atoms with van der Waals surface area (Å²) in [7, 11) is 0. The molecular formula is C16H15N3O2. The number of rotatable bonds is 4. The number of phenols is 1. The number of nitrogens with one attached hydrogen (secondary N) is 1. The van der Waals surface area contributed by atoms with Crippen molar-refractivity contribution in [2.75, 3.05) is 6.61 Å². The molecule has 0 saturated heterocycles. The smallest absolute Gasteiger partial charge is 0.166 e. The van der Waals surface area contributed by atoms with Gasteiger partial charge in [0.1, 0.15) is 0 Å². The van der Waals surface area contributed by atoms with E-state index in [-0.39, 0.29) is 5.75 Å². The molecule has 0 aliphatic heterocycles. The number of H-pyrrole nitrogens is 1. The standard InChI is InChI=1S/C16H15N3O2/c1-2-21-15-5-3-4-11(16(15)20)9-17-13-6-7-14-12(8-13)10-18-19-14/h3-10,20H,2H2,1H3,(H,18,19). The topological polar surface area (TPSA) is 70.5 Å². The highest BCUT2D eigenvalue weighted by molar-refractivity contribution is 5.88. The van der Waals surface area contributed by atoms with Crippen molar-refractivity contribution < 1.29 is 9.84 Å². The van der Waals surface area contributed by atoms with Crippen molar-refractivity contribution in [1.82, 2.24) is 10.2 Å². The van der Waals surface area contributed by atoms with Crippen LogP contribution in [0, 0.1) is 0 Å². The van der Waals surface area contributed by atoms with E-state index >= 15 is 0 Å². The van der Waals surface area contributed by atoms with E-state index in [1.807, 2.05) is 31.2 Å². The molecule has 5 heteroatoms. The zero-order valence-electron chi connectivity index (χ0n) is 11.6. The summed E-state index contributed by atoms with van der Waals surface area (Å²) in [5.74, 6) is 0.569. The van der Waals surface area contributed by atoms with Crippen LogP contribution in [0.1, 0.15) is 12.5 Å². The number of aromatic amines is 1. The minimum Gasteiger partial charge on any atom is -0.504 e. The molecule has 3 rings (SSSR count). The third-order valence-electron chi connectivity index (χ3n) is 3.11. The molecule has 21 heavy (non-hydrogen) atoms. The molecule has 0 spiro atoms. The number of aliphatic imine (C=N–C) groups is 1. The fraction of sp³-hybridized carbons (Fsp3) is 0.125. The molecule has 0 amide bonds. The second-order valence-corrected chi connectivity index (χ2v) is 4.53. The zero-order valence-corrected chi connectivity index (χ0v) is 11.6. The van der Waals surface area contributed by atoms with Crippen molar-refractivity contribution in [3.63, 3.8) is 0 Å². The van der Waals surface area contributed by atoms with Crippen molar-refractivity contribution in [1.29, 1.82) is 0 Å². The van der Waals surface area contributed by atoms with Gasteiger partial charge in [0.15, 0.2) is 11.5 Å². The molecule has 0 unspecified atom stereocenters. The van der Waals surface area contributed by atoms with Gasteiger partial charge in [0.25, 0.3) is 0 Å². The first kappa shape index (κ1) is 13.2. The SMILES string of the molecule is CCOc1cccc(C=Nc2ccc3[nH]ncc3c2)c1O. The Kier molecular flexibility index (Phi) is 3.55. The molecular weight excluding hydrogens is 266 g/mol. The number of aromatic nitrogens is 2. The number of para-hydroxylation sites is 1. The van der Waals surface area contributed by atoms with Gasteiger partial charge in [-0.25, -0.2) is 0 Å². The van der Waals surface area contributed by atoms with E-state index in [1.165, 1.54) is 0 Å². The van der Waals surface area contributed by atoms with Gasteiger partial charge in [-0.3, -0.25) is 10.1 Å². The molecule has 0 saturated carbocycles. The second-order valence-electron chi connectivity index (χ2n) is 4.53. The van der Waals surface area contributed by atoms with Crippen LogP contribution in [0.5, 0.6) is 11.5 Å². The minimum absolute atomic E-state index is 0.104. The molecule has 0 fully saturated rings. The molecule has 3 aromatic rings. The summed E-state index contributed by atoms with van der Waals surface area (Å²) in [6.45, 7) is 2.38. The van der Waals surface area contributed by atoms with Gasteiger partial charge in [0, 0.05) is 17.2 Å². The van der Waals surface area contributed by atoms with Crippen LogP contribution < -0.4 is 4.74 Å². The summed E-state index contributed by atoms with van der Waals surface area (Å²) in [6.07, 6.45) is 3.38. The molecule has 0 radical (unpaired) electrons. The van der Waals surface area contributed by atoms with Crippen LogP contribution in [-0.2, 0) is 0 Å². The highest BCUT2D eigenvalue weighted by atomic mass is 16.5. The Morgan fingerprint density at radius 3 is 3.10 bits per heavy atom. The van der Waals surface area contributed by atoms with Crippen molar-refractivity contribution >= 4 is 22.8 Å². The minimum atomic E-state index is 0.104. The monoisotopic (exact) mass is 281 g/mol. The first-order valence-electron chi connectivity index (χ1n) is 6.70. The molecule has 2 aromatic carbocycles. The summed E-state index contributed by atoms with van der Waals surface area (Å²) < 4.78 is 5.35. The van der Waals surface area contributed by atoms with Gasteiger partial charge in [-0.2, -0.15) is 5.10 Å². The largest absolute Gasteiger partial charge is 0.504 e. The van der Waals surface area contributed by atoms with Crippen LogP contribution in [0.2, 0.25) is 0 Å². The van der Waals surface area contributed by atoms with Crippen LogP contribution in [0.4, 0.5) is 5.69 Å². The summed E-state index contributed by atoms with van der Waals surface area (Å²) in [6, 6.07) is 11.1. The molecule has 106 valence electrons. The fourth-order valence-electron chi connectivity index (χ4n) is 2.07. The number of ether oxygens (including phenoxy) is 1. The first-order chi connectivity index (χ1) is 10.3. The summed E-state index contributed by atoms with van der Waals surface area (Å²) in [4.78, 5) is 4.39. The van der Waals surface area contributed by atoms with Crippen LogP contribution in [0.25, 0.3) is 10.9 Å². The third kappa shape index (κ3) is 2.72. The Morgan fingerprint density at radius 1 is 1.33 bits per heavy atom. The normalized spacial score (nSPS) is 11.3. The van der Waals surface area contributed by atoms with Crippen LogP contribution >= 0.6 is 0 Å². The molecule has 0 aliphatic rings. The average molecular weight is 281 g/mol. The molecule has 0 atom stereocenters. The van der Waals surface area contributed by atoms with Crippen molar-refractivity contribution in [3.05, 3.63) is 48.2 Å². The summed E-state index contributed by atoms with van der Waals surface area (Å²) in [5, 5.41) is 18.0. The Morgan fingerprint density at radius 2 is 2.24 bits per heavy atom. The van der Waals surface area contributed by atoms with Crippen LogP contribution in [0.3, 0.4) is 0 Å². The Hall–Kier alpha value is -2.82. The molecule has 1 heterocycles.